The first-order valence-electron chi connectivity index (χ1n) is 6.70. The molecule has 2 atom stereocenters. The van der Waals surface area contributed by atoms with Crippen LogP contribution in [0.1, 0.15) is 17.0 Å². The van der Waals surface area contributed by atoms with E-state index < -0.39 is 25.1 Å². The average Bonchev–Trinajstić information content (AvgIpc) is 2.48. The summed E-state index contributed by atoms with van der Waals surface area (Å²) >= 11 is 0. The van der Waals surface area contributed by atoms with Crippen LogP contribution in [0.15, 0.2) is 54.6 Å². The van der Waals surface area contributed by atoms with Crippen LogP contribution in [0.25, 0.3) is 0 Å². The number of carboxylic acids is 1. The van der Waals surface area contributed by atoms with Crippen molar-refractivity contribution in [1.82, 2.24) is 0 Å². The van der Waals surface area contributed by atoms with Gasteiger partial charge < -0.3 is 10.00 Å². The molecule has 0 aliphatic heterocycles. The summed E-state index contributed by atoms with van der Waals surface area (Å²) in [7, 11) is -3.71. The third kappa shape index (κ3) is 4.52. The van der Waals surface area contributed by atoms with Crippen LogP contribution in [0.2, 0.25) is 0 Å². The number of halogens is 1. The molecule has 0 heterocycles. The van der Waals surface area contributed by atoms with Gasteiger partial charge in [0.2, 0.25) is 7.37 Å². The zero-order valence-electron chi connectivity index (χ0n) is 11.7. The lowest BCUT2D eigenvalue weighted by Crippen LogP contribution is -2.16. The largest absolute Gasteiger partial charge is 0.481 e. The molecule has 0 bridgehead atoms. The first-order chi connectivity index (χ1) is 10.4. The van der Waals surface area contributed by atoms with E-state index in [0.29, 0.717) is 11.1 Å². The smallest absolute Gasteiger partial charge is 0.311 e. The van der Waals surface area contributed by atoms with Gasteiger partial charge in [-0.15, -0.1) is 0 Å². The third-order valence-corrected chi connectivity index (χ3v) is 5.11. The van der Waals surface area contributed by atoms with Gasteiger partial charge in [0.1, 0.15) is 5.82 Å². The molecule has 2 unspecified atom stereocenters. The Bertz CT molecular complexity index is 685. The first-order valence-corrected chi connectivity index (χ1v) is 8.73. The predicted octanol–water partition coefficient (Wildman–Crippen LogP) is 3.46. The minimum absolute atomic E-state index is 0.177. The number of hydrogen-bond donors (Lipinski definition) is 2. The van der Waals surface area contributed by atoms with E-state index in [4.69, 9.17) is 0 Å². The van der Waals surface area contributed by atoms with Gasteiger partial charge in [0.15, 0.2) is 0 Å². The van der Waals surface area contributed by atoms with Gasteiger partial charge in [-0.3, -0.25) is 9.36 Å². The maximum atomic E-state index is 12.8. The molecule has 2 rings (SSSR count). The highest BCUT2D eigenvalue weighted by Gasteiger charge is 2.30. The van der Waals surface area contributed by atoms with Gasteiger partial charge in [-0.25, -0.2) is 4.39 Å². The van der Waals surface area contributed by atoms with Crippen molar-refractivity contribution in [2.45, 2.75) is 12.1 Å². The van der Waals surface area contributed by atoms with Crippen molar-refractivity contribution >= 4 is 13.3 Å². The average molecular weight is 322 g/mol. The molecule has 0 aromatic heterocycles. The zero-order valence-corrected chi connectivity index (χ0v) is 12.6. The van der Waals surface area contributed by atoms with Gasteiger partial charge in [0.25, 0.3) is 0 Å². The van der Waals surface area contributed by atoms with Crippen LogP contribution >= 0.6 is 7.37 Å². The van der Waals surface area contributed by atoms with Crippen LogP contribution in [0.5, 0.6) is 0 Å². The summed E-state index contributed by atoms with van der Waals surface area (Å²) in [5.74, 6) is -2.61. The highest BCUT2D eigenvalue weighted by atomic mass is 31.2. The maximum absolute atomic E-state index is 12.8. The van der Waals surface area contributed by atoms with Gasteiger partial charge in [-0.2, -0.15) is 0 Å². The van der Waals surface area contributed by atoms with Gasteiger partial charge in [-0.05, 0) is 23.3 Å². The molecule has 0 aliphatic carbocycles. The molecule has 0 amide bonds. The molecule has 22 heavy (non-hydrogen) atoms. The lowest BCUT2D eigenvalue weighted by atomic mass is 10.0. The minimum atomic E-state index is -3.71. The monoisotopic (exact) mass is 322 g/mol. The lowest BCUT2D eigenvalue weighted by molar-refractivity contribution is -0.138. The molecular weight excluding hydrogens is 306 g/mol. The topological polar surface area (TPSA) is 74.6 Å². The standard InChI is InChI=1S/C16H16FO4P/c17-14-8-6-12(7-9-14)10-22(20,21)11-15(16(18)19)13-4-2-1-3-5-13/h1-9,15H,10-11H2,(H,18,19)(H,20,21). The Balaban J connectivity index is 2.16. The van der Waals surface area contributed by atoms with E-state index in [2.05, 4.69) is 0 Å². The molecule has 0 radical (unpaired) electrons. The molecule has 4 nitrogen and oxygen atoms in total. The zero-order chi connectivity index (χ0) is 16.2. The Kier molecular flexibility index (Phi) is 5.11. The van der Waals surface area contributed by atoms with Gasteiger partial charge in [0, 0.05) is 12.3 Å². The van der Waals surface area contributed by atoms with Crippen LogP contribution in [0.4, 0.5) is 4.39 Å². The summed E-state index contributed by atoms with van der Waals surface area (Å²) in [5, 5.41) is 9.31. The van der Waals surface area contributed by atoms with E-state index in [1.165, 1.54) is 24.3 Å². The predicted molar refractivity (Wildman–Crippen MR) is 81.6 cm³/mol. The SMILES string of the molecule is O=C(O)C(CP(=O)(O)Cc1ccc(F)cc1)c1ccccc1. The number of carbonyl (C=O) groups is 1. The van der Waals surface area contributed by atoms with Crippen molar-refractivity contribution in [2.75, 3.05) is 6.16 Å². The van der Waals surface area contributed by atoms with E-state index >= 15 is 0 Å². The lowest BCUT2D eigenvalue weighted by Gasteiger charge is -2.17. The maximum Gasteiger partial charge on any atom is 0.311 e. The van der Waals surface area contributed by atoms with Crippen molar-refractivity contribution < 1.29 is 23.7 Å². The normalized spacial score (nSPS) is 15.0. The van der Waals surface area contributed by atoms with Gasteiger partial charge >= 0.3 is 5.97 Å². The number of carboxylic acid groups (broad SMARTS) is 1. The van der Waals surface area contributed by atoms with Crippen LogP contribution in [-0.2, 0) is 15.5 Å². The second-order valence-corrected chi connectivity index (χ2v) is 7.49. The fourth-order valence-corrected chi connectivity index (χ4v) is 4.08. The summed E-state index contributed by atoms with van der Waals surface area (Å²) < 4.78 is 25.2. The summed E-state index contributed by atoms with van der Waals surface area (Å²) in [4.78, 5) is 21.5. The fourth-order valence-electron chi connectivity index (χ4n) is 2.24. The Labute approximate surface area is 127 Å². The molecule has 6 heteroatoms. The van der Waals surface area contributed by atoms with Gasteiger partial charge in [0.05, 0.1) is 5.92 Å². The van der Waals surface area contributed by atoms with E-state index in [1.54, 1.807) is 30.3 Å². The van der Waals surface area contributed by atoms with Crippen molar-refractivity contribution in [3.8, 4) is 0 Å². The molecule has 0 spiro atoms. The van der Waals surface area contributed by atoms with Crippen LogP contribution in [0, 0.1) is 5.82 Å². The highest BCUT2D eigenvalue weighted by molar-refractivity contribution is 7.57. The minimum Gasteiger partial charge on any atom is -0.481 e. The molecule has 2 aromatic rings. The van der Waals surface area contributed by atoms with Crippen molar-refractivity contribution in [2.24, 2.45) is 0 Å². The van der Waals surface area contributed by atoms with Crippen molar-refractivity contribution in [3.05, 3.63) is 71.5 Å². The first kappa shape index (κ1) is 16.4. The fraction of sp³-hybridized carbons (Fsp3) is 0.188. The van der Waals surface area contributed by atoms with Crippen LogP contribution < -0.4 is 0 Å². The van der Waals surface area contributed by atoms with Crippen LogP contribution in [0.3, 0.4) is 0 Å². The number of benzene rings is 2. The van der Waals surface area contributed by atoms with E-state index in [-0.39, 0.29) is 12.3 Å². The Morgan fingerprint density at radius 2 is 1.68 bits per heavy atom. The summed E-state index contributed by atoms with van der Waals surface area (Å²) in [6.07, 6.45) is -0.534. The van der Waals surface area contributed by atoms with Crippen molar-refractivity contribution in [1.29, 1.82) is 0 Å². The molecular formula is C16H16FO4P. The van der Waals surface area contributed by atoms with Crippen molar-refractivity contribution in [3.63, 3.8) is 0 Å². The van der Waals surface area contributed by atoms with E-state index in [0.717, 1.165) is 0 Å². The number of hydrogen-bond acceptors (Lipinski definition) is 2. The summed E-state index contributed by atoms with van der Waals surface area (Å²) in [5.41, 5.74) is 0.993. The number of rotatable bonds is 6. The Morgan fingerprint density at radius 1 is 1.09 bits per heavy atom. The molecule has 0 saturated carbocycles. The number of aliphatic carboxylic acids is 1. The quantitative estimate of drug-likeness (QED) is 0.799. The second-order valence-electron chi connectivity index (χ2n) is 5.11. The third-order valence-electron chi connectivity index (χ3n) is 3.31. The molecule has 0 aliphatic rings. The molecule has 2 N–H and O–H groups in total. The molecule has 0 fully saturated rings. The summed E-state index contributed by atoms with van der Waals surface area (Å²) in [6, 6.07) is 13.6. The van der Waals surface area contributed by atoms with Gasteiger partial charge in [-0.1, -0.05) is 42.5 Å². The van der Waals surface area contributed by atoms with E-state index in [1.807, 2.05) is 0 Å². The highest BCUT2D eigenvalue weighted by Crippen LogP contribution is 2.48. The summed E-state index contributed by atoms with van der Waals surface area (Å²) in [6.45, 7) is 0. The molecule has 0 saturated heterocycles. The second kappa shape index (κ2) is 6.86. The van der Waals surface area contributed by atoms with E-state index in [9.17, 15) is 23.7 Å². The Morgan fingerprint density at radius 3 is 2.23 bits per heavy atom. The Hall–Kier alpha value is -1.97. The van der Waals surface area contributed by atoms with Crippen LogP contribution in [-0.4, -0.2) is 22.1 Å². The molecule has 116 valence electrons. The molecule has 2 aromatic carbocycles.